The molecule has 0 spiro atoms. The Morgan fingerprint density at radius 1 is 1.38 bits per heavy atom. The zero-order valence-electron chi connectivity index (χ0n) is 13.0. The number of hydrogen-bond donors (Lipinski definition) is 1. The Balaban J connectivity index is 1.64. The van der Waals surface area contributed by atoms with Crippen LogP contribution >= 0.6 is 23.4 Å². The molecule has 1 atom stereocenters. The van der Waals surface area contributed by atoms with Gasteiger partial charge in [0.15, 0.2) is 5.16 Å². The van der Waals surface area contributed by atoms with Crippen LogP contribution in [-0.2, 0) is 11.3 Å². The zero-order valence-corrected chi connectivity index (χ0v) is 14.6. The summed E-state index contributed by atoms with van der Waals surface area (Å²) in [5.74, 6) is 0.658. The fourth-order valence-corrected chi connectivity index (χ4v) is 3.15. The fourth-order valence-electron chi connectivity index (χ4n) is 2.12. The molecule has 3 aromatic rings. The molecule has 0 aliphatic rings. The van der Waals surface area contributed by atoms with Crippen LogP contribution in [-0.4, -0.2) is 20.7 Å². The van der Waals surface area contributed by atoms with Gasteiger partial charge in [-0.3, -0.25) is 9.36 Å². The second kappa shape index (κ2) is 7.59. The van der Waals surface area contributed by atoms with E-state index in [0.29, 0.717) is 11.6 Å². The van der Waals surface area contributed by atoms with Gasteiger partial charge in [0.05, 0.1) is 18.1 Å². The number of rotatable bonds is 6. The van der Waals surface area contributed by atoms with Crippen molar-refractivity contribution in [3.8, 4) is 5.69 Å². The second-order valence-electron chi connectivity index (χ2n) is 5.11. The molecule has 1 unspecified atom stereocenters. The molecule has 2 aromatic heterocycles. The van der Waals surface area contributed by atoms with Crippen molar-refractivity contribution >= 4 is 29.3 Å². The summed E-state index contributed by atoms with van der Waals surface area (Å²) < 4.78 is 7.14. The standard InChI is InChI=1S/C17H16ClN3O2S/c1-12(16(22)20-11-15-3-2-10-23-15)24-17-19-8-9-21(17)14-6-4-13(18)5-7-14/h2-10,12H,11H2,1H3,(H,20,22). The van der Waals surface area contributed by atoms with Crippen LogP contribution in [0.15, 0.2) is 64.6 Å². The number of aromatic nitrogens is 2. The molecule has 0 saturated heterocycles. The molecule has 5 nitrogen and oxygen atoms in total. The van der Waals surface area contributed by atoms with Crippen LogP contribution in [0.5, 0.6) is 0 Å². The van der Waals surface area contributed by atoms with E-state index >= 15 is 0 Å². The number of hydrogen-bond acceptors (Lipinski definition) is 4. The van der Waals surface area contributed by atoms with Gasteiger partial charge in [-0.1, -0.05) is 23.4 Å². The minimum absolute atomic E-state index is 0.0675. The van der Waals surface area contributed by atoms with Gasteiger partial charge in [0.1, 0.15) is 5.76 Å². The summed E-state index contributed by atoms with van der Waals surface area (Å²) in [5.41, 5.74) is 0.947. The summed E-state index contributed by atoms with van der Waals surface area (Å²) in [4.78, 5) is 16.6. The Morgan fingerprint density at radius 2 is 2.17 bits per heavy atom. The quantitative estimate of drug-likeness (QED) is 0.676. The number of halogens is 1. The molecule has 0 radical (unpaired) electrons. The molecule has 1 aromatic carbocycles. The molecule has 3 rings (SSSR count). The lowest BCUT2D eigenvalue weighted by Gasteiger charge is -2.12. The van der Waals surface area contributed by atoms with Crippen LogP contribution in [0.4, 0.5) is 0 Å². The van der Waals surface area contributed by atoms with Gasteiger partial charge in [-0.15, -0.1) is 0 Å². The molecule has 1 N–H and O–H groups in total. The van der Waals surface area contributed by atoms with E-state index in [2.05, 4.69) is 10.3 Å². The first-order valence-electron chi connectivity index (χ1n) is 7.39. The van der Waals surface area contributed by atoms with E-state index in [1.54, 1.807) is 18.5 Å². The van der Waals surface area contributed by atoms with E-state index in [9.17, 15) is 4.79 Å². The topological polar surface area (TPSA) is 60.1 Å². The monoisotopic (exact) mass is 361 g/mol. The Morgan fingerprint density at radius 3 is 2.88 bits per heavy atom. The Bertz CT molecular complexity index is 800. The van der Waals surface area contributed by atoms with Crippen LogP contribution in [0, 0.1) is 0 Å². The number of furan rings is 1. The molecule has 0 saturated carbocycles. The number of imidazole rings is 1. The lowest BCUT2D eigenvalue weighted by atomic mass is 10.3. The number of nitrogens with zero attached hydrogens (tertiary/aromatic N) is 2. The maximum Gasteiger partial charge on any atom is 0.233 e. The van der Waals surface area contributed by atoms with Gasteiger partial charge in [0.25, 0.3) is 0 Å². The zero-order chi connectivity index (χ0) is 16.9. The van der Waals surface area contributed by atoms with Crippen LogP contribution in [0.3, 0.4) is 0 Å². The number of carbonyl (C=O) groups excluding carboxylic acids is 1. The Labute approximate surface area is 149 Å². The lowest BCUT2D eigenvalue weighted by molar-refractivity contribution is -0.120. The van der Waals surface area contributed by atoms with Crippen LogP contribution in [0.25, 0.3) is 5.69 Å². The fraction of sp³-hybridized carbons (Fsp3) is 0.176. The molecule has 1 amide bonds. The maximum absolute atomic E-state index is 12.2. The van der Waals surface area contributed by atoms with Crippen LogP contribution in [0.1, 0.15) is 12.7 Å². The smallest absolute Gasteiger partial charge is 0.233 e. The van der Waals surface area contributed by atoms with E-state index in [0.717, 1.165) is 16.6 Å². The highest BCUT2D eigenvalue weighted by atomic mass is 35.5. The highest BCUT2D eigenvalue weighted by molar-refractivity contribution is 8.00. The lowest BCUT2D eigenvalue weighted by Crippen LogP contribution is -2.30. The third-order valence-corrected chi connectivity index (χ3v) is 4.71. The molecule has 0 aliphatic heterocycles. The molecule has 2 heterocycles. The number of amides is 1. The van der Waals surface area contributed by atoms with Crippen molar-refractivity contribution in [2.75, 3.05) is 0 Å². The summed E-state index contributed by atoms with van der Waals surface area (Å²) in [7, 11) is 0. The predicted molar refractivity (Wildman–Crippen MR) is 94.4 cm³/mol. The summed E-state index contributed by atoms with van der Waals surface area (Å²) in [6.07, 6.45) is 5.16. The van der Waals surface area contributed by atoms with Gasteiger partial charge >= 0.3 is 0 Å². The average molecular weight is 362 g/mol. The van der Waals surface area contributed by atoms with Gasteiger partial charge in [-0.25, -0.2) is 4.98 Å². The van der Waals surface area contributed by atoms with E-state index in [4.69, 9.17) is 16.0 Å². The van der Waals surface area contributed by atoms with Gasteiger partial charge in [0.2, 0.25) is 5.91 Å². The largest absolute Gasteiger partial charge is 0.467 e. The molecule has 7 heteroatoms. The molecule has 0 aliphatic carbocycles. The van der Waals surface area contributed by atoms with Crippen molar-refractivity contribution in [2.45, 2.75) is 23.9 Å². The third-order valence-electron chi connectivity index (χ3n) is 3.38. The van der Waals surface area contributed by atoms with Gasteiger partial charge in [-0.2, -0.15) is 0 Å². The van der Waals surface area contributed by atoms with Crippen molar-refractivity contribution < 1.29 is 9.21 Å². The van der Waals surface area contributed by atoms with Gasteiger partial charge < -0.3 is 9.73 Å². The van der Waals surface area contributed by atoms with Crippen molar-refractivity contribution in [3.63, 3.8) is 0 Å². The minimum Gasteiger partial charge on any atom is -0.467 e. The molecule has 124 valence electrons. The summed E-state index contributed by atoms with van der Waals surface area (Å²) >= 11 is 7.32. The molecule has 24 heavy (non-hydrogen) atoms. The number of nitrogens with one attached hydrogen (secondary N) is 1. The van der Waals surface area contributed by atoms with Crippen molar-refractivity contribution in [1.82, 2.24) is 14.9 Å². The van der Waals surface area contributed by atoms with Gasteiger partial charge in [0, 0.05) is 23.1 Å². The van der Waals surface area contributed by atoms with E-state index in [1.165, 1.54) is 11.8 Å². The highest BCUT2D eigenvalue weighted by Crippen LogP contribution is 2.25. The SMILES string of the molecule is CC(Sc1nccn1-c1ccc(Cl)cc1)C(=O)NCc1ccco1. The number of thioether (sulfide) groups is 1. The van der Waals surface area contributed by atoms with Crippen molar-refractivity contribution in [2.24, 2.45) is 0 Å². The molecular weight excluding hydrogens is 346 g/mol. The van der Waals surface area contributed by atoms with E-state index in [1.807, 2.05) is 48.0 Å². The molecular formula is C17H16ClN3O2S. The predicted octanol–water partition coefficient (Wildman–Crippen LogP) is 3.92. The summed E-state index contributed by atoms with van der Waals surface area (Å²) in [6, 6.07) is 11.1. The Hall–Kier alpha value is -2.18. The summed E-state index contributed by atoms with van der Waals surface area (Å²) in [5, 5.41) is 4.00. The summed E-state index contributed by atoms with van der Waals surface area (Å²) in [6.45, 7) is 2.23. The highest BCUT2D eigenvalue weighted by Gasteiger charge is 2.17. The van der Waals surface area contributed by atoms with E-state index < -0.39 is 0 Å². The molecule has 0 bridgehead atoms. The molecule has 0 fully saturated rings. The second-order valence-corrected chi connectivity index (χ2v) is 6.86. The first-order valence-corrected chi connectivity index (χ1v) is 8.65. The van der Waals surface area contributed by atoms with Crippen LogP contribution < -0.4 is 5.32 Å². The third kappa shape index (κ3) is 4.01. The first kappa shape index (κ1) is 16.7. The minimum atomic E-state index is -0.284. The normalized spacial score (nSPS) is 12.1. The van der Waals surface area contributed by atoms with Crippen molar-refractivity contribution in [1.29, 1.82) is 0 Å². The van der Waals surface area contributed by atoms with Crippen molar-refractivity contribution in [3.05, 3.63) is 65.8 Å². The first-order chi connectivity index (χ1) is 11.6. The average Bonchev–Trinajstić information content (AvgIpc) is 3.25. The Kier molecular flexibility index (Phi) is 5.27. The maximum atomic E-state index is 12.2. The van der Waals surface area contributed by atoms with Crippen LogP contribution in [0.2, 0.25) is 5.02 Å². The van der Waals surface area contributed by atoms with Gasteiger partial charge in [-0.05, 0) is 43.3 Å². The van der Waals surface area contributed by atoms with E-state index in [-0.39, 0.29) is 11.2 Å². The number of carbonyl (C=O) groups is 1. The number of benzene rings is 1.